The van der Waals surface area contributed by atoms with Gasteiger partial charge in [-0.3, -0.25) is 4.98 Å². The average Bonchev–Trinajstić information content (AvgIpc) is 2.91. The van der Waals surface area contributed by atoms with Crippen LogP contribution >= 0.6 is 15.9 Å². The maximum atomic E-state index is 4.41. The molecule has 2 rings (SSSR count). The van der Waals surface area contributed by atoms with Crippen LogP contribution in [0.1, 0.15) is 50.7 Å². The molecule has 1 N–H and O–H groups in total. The number of nitrogens with one attached hydrogen (secondary N) is 1. The summed E-state index contributed by atoms with van der Waals surface area (Å²) in [5, 5.41) is 7.89. The van der Waals surface area contributed by atoms with Gasteiger partial charge in [0.15, 0.2) is 0 Å². The highest BCUT2D eigenvalue weighted by molar-refractivity contribution is 9.10. The van der Waals surface area contributed by atoms with Crippen molar-refractivity contribution in [1.82, 2.24) is 25.1 Å². The summed E-state index contributed by atoms with van der Waals surface area (Å²) in [5.74, 6) is 0.999. The maximum Gasteiger partial charge on any atom is 0.138 e. The topological polar surface area (TPSA) is 55.6 Å². The van der Waals surface area contributed by atoms with Crippen LogP contribution in [0.5, 0.6) is 0 Å². The van der Waals surface area contributed by atoms with E-state index in [0.29, 0.717) is 6.04 Å². The van der Waals surface area contributed by atoms with Crippen molar-refractivity contribution in [3.05, 3.63) is 40.6 Å². The molecule has 1 atom stereocenters. The molecule has 6 heteroatoms. The quantitative estimate of drug-likeness (QED) is 0.831. The van der Waals surface area contributed by atoms with Crippen LogP contribution in [0, 0.1) is 0 Å². The minimum atomic E-state index is 0.191. The Labute approximate surface area is 134 Å². The highest BCUT2D eigenvalue weighted by Gasteiger charge is 2.17. The molecule has 0 aliphatic heterocycles. The summed E-state index contributed by atoms with van der Waals surface area (Å²) in [4.78, 5) is 8.68. The molecule has 0 saturated carbocycles. The van der Waals surface area contributed by atoms with Crippen molar-refractivity contribution in [3.63, 3.8) is 0 Å². The summed E-state index contributed by atoms with van der Waals surface area (Å²) in [6.45, 7) is 7.37. The van der Waals surface area contributed by atoms with Crippen LogP contribution in [0.2, 0.25) is 0 Å². The van der Waals surface area contributed by atoms with Gasteiger partial charge >= 0.3 is 0 Å². The molecule has 0 bridgehead atoms. The van der Waals surface area contributed by atoms with Crippen LogP contribution in [0.4, 0.5) is 0 Å². The normalized spacial score (nSPS) is 12.8. The van der Waals surface area contributed by atoms with Gasteiger partial charge in [-0.25, -0.2) is 9.67 Å². The first-order chi connectivity index (χ1) is 10.1. The molecule has 0 amide bonds. The molecule has 0 saturated heterocycles. The van der Waals surface area contributed by atoms with Crippen molar-refractivity contribution in [2.75, 3.05) is 6.54 Å². The van der Waals surface area contributed by atoms with Crippen molar-refractivity contribution >= 4 is 15.9 Å². The van der Waals surface area contributed by atoms with Gasteiger partial charge in [0.2, 0.25) is 0 Å². The molecule has 114 valence electrons. The summed E-state index contributed by atoms with van der Waals surface area (Å²) in [5.41, 5.74) is 1.16. The minimum absolute atomic E-state index is 0.191. The Morgan fingerprint density at radius 2 is 2.14 bits per heavy atom. The molecule has 0 aliphatic rings. The van der Waals surface area contributed by atoms with E-state index in [9.17, 15) is 0 Å². The number of nitrogens with zero attached hydrogens (tertiary/aromatic N) is 4. The van der Waals surface area contributed by atoms with Crippen molar-refractivity contribution in [2.24, 2.45) is 0 Å². The Kier molecular flexibility index (Phi) is 5.87. The molecular formula is C15H22BrN5. The Balaban J connectivity index is 2.22. The van der Waals surface area contributed by atoms with Gasteiger partial charge < -0.3 is 5.32 Å². The van der Waals surface area contributed by atoms with E-state index in [2.05, 4.69) is 63.2 Å². The number of rotatable bonds is 7. The third-order valence-corrected chi connectivity index (χ3v) is 3.73. The lowest BCUT2D eigenvalue weighted by Crippen LogP contribution is -2.26. The van der Waals surface area contributed by atoms with Gasteiger partial charge in [0, 0.05) is 35.4 Å². The van der Waals surface area contributed by atoms with Crippen molar-refractivity contribution in [2.45, 2.75) is 45.7 Å². The monoisotopic (exact) mass is 351 g/mol. The molecule has 2 aromatic rings. The highest BCUT2D eigenvalue weighted by Crippen LogP contribution is 2.21. The zero-order chi connectivity index (χ0) is 15.2. The Hall–Kier alpha value is -1.27. The van der Waals surface area contributed by atoms with Crippen LogP contribution in [-0.2, 0) is 6.42 Å². The molecule has 0 spiro atoms. The third kappa shape index (κ3) is 4.35. The van der Waals surface area contributed by atoms with Crippen LogP contribution in [0.25, 0.3) is 0 Å². The van der Waals surface area contributed by atoms with E-state index in [1.165, 1.54) is 0 Å². The molecule has 2 heterocycles. The molecule has 0 radical (unpaired) electrons. The number of hydrogen-bond acceptors (Lipinski definition) is 4. The highest BCUT2D eigenvalue weighted by atomic mass is 79.9. The van der Waals surface area contributed by atoms with E-state index in [4.69, 9.17) is 0 Å². The third-order valence-electron chi connectivity index (χ3n) is 3.29. The summed E-state index contributed by atoms with van der Waals surface area (Å²) >= 11 is 3.49. The van der Waals surface area contributed by atoms with Gasteiger partial charge in [-0.1, -0.05) is 6.92 Å². The van der Waals surface area contributed by atoms with Gasteiger partial charge in [0.25, 0.3) is 0 Å². The summed E-state index contributed by atoms with van der Waals surface area (Å²) < 4.78 is 2.97. The maximum absolute atomic E-state index is 4.41. The van der Waals surface area contributed by atoms with Crippen LogP contribution in [-0.4, -0.2) is 26.3 Å². The van der Waals surface area contributed by atoms with E-state index in [1.54, 1.807) is 12.5 Å². The first kappa shape index (κ1) is 16.1. The van der Waals surface area contributed by atoms with E-state index in [1.807, 2.05) is 10.9 Å². The standard InChI is InChI=1S/C15H22BrN5/c1-4-5-18-14(12-6-13(16)9-17-8-12)7-15-19-10-20-21(15)11(2)3/h6,8-11,14,18H,4-5,7H2,1-3H3. The molecule has 5 nitrogen and oxygen atoms in total. The minimum Gasteiger partial charge on any atom is -0.310 e. The lowest BCUT2D eigenvalue weighted by atomic mass is 10.1. The first-order valence-electron chi connectivity index (χ1n) is 7.34. The molecule has 2 aromatic heterocycles. The van der Waals surface area contributed by atoms with Crippen LogP contribution in [0.15, 0.2) is 29.3 Å². The van der Waals surface area contributed by atoms with Crippen molar-refractivity contribution < 1.29 is 0 Å². The van der Waals surface area contributed by atoms with E-state index in [-0.39, 0.29) is 6.04 Å². The van der Waals surface area contributed by atoms with Gasteiger partial charge in [-0.15, -0.1) is 0 Å². The van der Waals surface area contributed by atoms with Crippen LogP contribution in [0.3, 0.4) is 0 Å². The SMILES string of the molecule is CCCNC(Cc1ncnn1C(C)C)c1cncc(Br)c1. The predicted octanol–water partition coefficient (Wildman–Crippen LogP) is 3.30. The fourth-order valence-electron chi connectivity index (χ4n) is 2.28. The number of pyridine rings is 1. The number of aromatic nitrogens is 4. The van der Waals surface area contributed by atoms with Gasteiger partial charge in [-0.05, 0) is 54.4 Å². The molecule has 0 fully saturated rings. The first-order valence-corrected chi connectivity index (χ1v) is 8.13. The van der Waals surface area contributed by atoms with Gasteiger partial charge in [-0.2, -0.15) is 5.10 Å². The summed E-state index contributed by atoms with van der Waals surface area (Å²) in [7, 11) is 0. The van der Waals surface area contributed by atoms with Gasteiger partial charge in [0.05, 0.1) is 0 Å². The zero-order valence-electron chi connectivity index (χ0n) is 12.8. The number of halogens is 1. The van der Waals surface area contributed by atoms with E-state index < -0.39 is 0 Å². The Morgan fingerprint density at radius 1 is 1.33 bits per heavy atom. The second-order valence-electron chi connectivity index (χ2n) is 5.36. The van der Waals surface area contributed by atoms with Crippen molar-refractivity contribution in [3.8, 4) is 0 Å². The van der Waals surface area contributed by atoms with Gasteiger partial charge in [0.1, 0.15) is 12.2 Å². The molecular weight excluding hydrogens is 330 g/mol. The number of hydrogen-bond donors (Lipinski definition) is 1. The lowest BCUT2D eigenvalue weighted by molar-refractivity contribution is 0.462. The zero-order valence-corrected chi connectivity index (χ0v) is 14.3. The molecule has 0 aromatic carbocycles. The molecule has 0 aliphatic carbocycles. The van der Waals surface area contributed by atoms with E-state index >= 15 is 0 Å². The predicted molar refractivity (Wildman–Crippen MR) is 87.1 cm³/mol. The molecule has 21 heavy (non-hydrogen) atoms. The smallest absolute Gasteiger partial charge is 0.138 e. The fraction of sp³-hybridized carbons (Fsp3) is 0.533. The Bertz CT molecular complexity index is 567. The summed E-state index contributed by atoms with van der Waals surface area (Å²) in [6, 6.07) is 2.61. The lowest BCUT2D eigenvalue weighted by Gasteiger charge is -2.19. The van der Waals surface area contributed by atoms with Crippen molar-refractivity contribution in [1.29, 1.82) is 0 Å². The van der Waals surface area contributed by atoms with E-state index in [0.717, 1.165) is 35.2 Å². The molecule has 1 unspecified atom stereocenters. The summed E-state index contributed by atoms with van der Waals surface area (Å²) in [6.07, 6.45) is 7.24. The Morgan fingerprint density at radius 3 is 2.81 bits per heavy atom. The fourth-order valence-corrected chi connectivity index (χ4v) is 2.66. The largest absolute Gasteiger partial charge is 0.310 e. The average molecular weight is 352 g/mol. The van der Waals surface area contributed by atoms with Crippen LogP contribution < -0.4 is 5.32 Å². The second-order valence-corrected chi connectivity index (χ2v) is 6.28. The second kappa shape index (κ2) is 7.66.